The Morgan fingerprint density at radius 3 is 2.89 bits per heavy atom. The molecular weight excluding hydrogens is 246 g/mol. The molecule has 2 rings (SSSR count). The molecule has 2 unspecified atom stereocenters. The number of carbonyl (C=O) groups excluding carboxylic acids is 1. The first-order valence-electron chi connectivity index (χ1n) is 6.26. The molecule has 3 N–H and O–H groups in total. The van der Waals surface area contributed by atoms with Crippen LogP contribution in [0.2, 0.25) is 0 Å². The van der Waals surface area contributed by atoms with Crippen LogP contribution in [0.25, 0.3) is 0 Å². The third kappa shape index (κ3) is 2.67. The largest absolute Gasteiger partial charge is 0.480 e. The van der Waals surface area contributed by atoms with Gasteiger partial charge < -0.3 is 15.7 Å². The molecule has 0 radical (unpaired) electrons. The Kier molecular flexibility index (Phi) is 3.69. The Hall–Kier alpha value is -2.11. The summed E-state index contributed by atoms with van der Waals surface area (Å²) in [5, 5.41) is 9.36. The minimum Gasteiger partial charge on any atom is -0.480 e. The Morgan fingerprint density at radius 2 is 2.26 bits per heavy atom. The summed E-state index contributed by atoms with van der Waals surface area (Å²) in [4.78, 5) is 28.5. The van der Waals surface area contributed by atoms with Gasteiger partial charge in [-0.3, -0.25) is 4.79 Å². The number of aromatic nitrogens is 1. The Bertz CT molecular complexity index is 504. The van der Waals surface area contributed by atoms with Crippen molar-refractivity contribution in [1.29, 1.82) is 0 Å². The molecule has 6 nitrogen and oxygen atoms in total. The van der Waals surface area contributed by atoms with E-state index in [0.29, 0.717) is 17.9 Å². The van der Waals surface area contributed by atoms with Crippen LogP contribution in [-0.4, -0.2) is 34.6 Å². The van der Waals surface area contributed by atoms with E-state index >= 15 is 0 Å². The fourth-order valence-electron chi connectivity index (χ4n) is 2.55. The van der Waals surface area contributed by atoms with Crippen molar-refractivity contribution in [2.75, 3.05) is 11.4 Å². The second-order valence-corrected chi connectivity index (χ2v) is 4.86. The SMILES string of the molecule is CC1CCCN(c2cc(C(N)=O)ccn2)C1C(=O)O. The fourth-order valence-corrected chi connectivity index (χ4v) is 2.55. The number of nitrogens with two attached hydrogens (primary N) is 1. The van der Waals surface area contributed by atoms with Gasteiger partial charge in [-0.1, -0.05) is 6.92 Å². The number of hydrogen-bond donors (Lipinski definition) is 2. The summed E-state index contributed by atoms with van der Waals surface area (Å²) >= 11 is 0. The number of rotatable bonds is 3. The molecule has 0 aliphatic carbocycles. The number of hydrogen-bond acceptors (Lipinski definition) is 4. The molecule has 1 fully saturated rings. The monoisotopic (exact) mass is 263 g/mol. The van der Waals surface area contributed by atoms with Crippen molar-refractivity contribution in [2.24, 2.45) is 11.7 Å². The van der Waals surface area contributed by atoms with Crippen molar-refractivity contribution in [1.82, 2.24) is 4.98 Å². The molecule has 1 aliphatic rings. The predicted molar refractivity (Wildman–Crippen MR) is 69.9 cm³/mol. The normalized spacial score (nSPS) is 23.1. The highest BCUT2D eigenvalue weighted by molar-refractivity contribution is 5.93. The summed E-state index contributed by atoms with van der Waals surface area (Å²) in [6.07, 6.45) is 3.27. The summed E-state index contributed by atoms with van der Waals surface area (Å²) in [5.74, 6) is -0.861. The van der Waals surface area contributed by atoms with Gasteiger partial charge in [0.2, 0.25) is 5.91 Å². The van der Waals surface area contributed by atoms with Gasteiger partial charge in [0.15, 0.2) is 0 Å². The van der Waals surface area contributed by atoms with Crippen LogP contribution < -0.4 is 10.6 Å². The summed E-state index contributed by atoms with van der Waals surface area (Å²) in [6, 6.07) is 2.47. The molecular formula is C13H17N3O3. The Labute approximate surface area is 111 Å². The molecule has 2 heterocycles. The summed E-state index contributed by atoms with van der Waals surface area (Å²) in [6.45, 7) is 2.54. The van der Waals surface area contributed by atoms with Crippen molar-refractivity contribution in [2.45, 2.75) is 25.8 Å². The quantitative estimate of drug-likeness (QED) is 0.843. The topological polar surface area (TPSA) is 96.5 Å². The predicted octanol–water partition coefficient (Wildman–Crippen LogP) is 0.870. The molecule has 102 valence electrons. The number of anilines is 1. The van der Waals surface area contributed by atoms with Gasteiger partial charge in [0.05, 0.1) is 0 Å². The van der Waals surface area contributed by atoms with Crippen LogP contribution in [0.3, 0.4) is 0 Å². The van der Waals surface area contributed by atoms with Crippen LogP contribution >= 0.6 is 0 Å². The van der Waals surface area contributed by atoms with E-state index in [1.165, 1.54) is 12.3 Å². The van der Waals surface area contributed by atoms with E-state index < -0.39 is 17.9 Å². The lowest BCUT2D eigenvalue weighted by Gasteiger charge is -2.38. The molecule has 1 aliphatic heterocycles. The van der Waals surface area contributed by atoms with Gasteiger partial charge in [-0.2, -0.15) is 0 Å². The molecule has 2 atom stereocenters. The van der Waals surface area contributed by atoms with E-state index in [1.54, 1.807) is 11.0 Å². The van der Waals surface area contributed by atoms with E-state index in [-0.39, 0.29) is 5.92 Å². The Balaban J connectivity index is 2.35. The number of piperidine rings is 1. The highest BCUT2D eigenvalue weighted by Gasteiger charge is 2.35. The lowest BCUT2D eigenvalue weighted by molar-refractivity contribution is -0.140. The zero-order valence-corrected chi connectivity index (χ0v) is 10.7. The molecule has 1 aromatic heterocycles. The lowest BCUT2D eigenvalue weighted by Crippen LogP contribution is -2.49. The maximum Gasteiger partial charge on any atom is 0.326 e. The minimum atomic E-state index is -0.863. The molecule has 1 aromatic rings. The molecule has 0 spiro atoms. The van der Waals surface area contributed by atoms with Crippen LogP contribution in [-0.2, 0) is 4.79 Å². The van der Waals surface area contributed by atoms with Gasteiger partial charge in [-0.05, 0) is 30.9 Å². The number of carbonyl (C=O) groups is 2. The summed E-state index contributed by atoms with van der Waals surface area (Å²) < 4.78 is 0. The van der Waals surface area contributed by atoms with Gasteiger partial charge in [0, 0.05) is 18.3 Å². The average Bonchev–Trinajstić information content (AvgIpc) is 2.38. The summed E-state index contributed by atoms with van der Waals surface area (Å²) in [7, 11) is 0. The number of nitrogens with zero attached hydrogens (tertiary/aromatic N) is 2. The molecule has 19 heavy (non-hydrogen) atoms. The number of carboxylic acids is 1. The van der Waals surface area contributed by atoms with E-state index in [0.717, 1.165) is 12.8 Å². The number of primary amides is 1. The zero-order valence-electron chi connectivity index (χ0n) is 10.7. The zero-order chi connectivity index (χ0) is 14.0. The van der Waals surface area contributed by atoms with Crippen molar-refractivity contribution in [3.8, 4) is 0 Å². The molecule has 1 saturated heterocycles. The van der Waals surface area contributed by atoms with E-state index in [4.69, 9.17) is 5.73 Å². The first kappa shape index (κ1) is 13.3. The maximum atomic E-state index is 11.4. The second-order valence-electron chi connectivity index (χ2n) is 4.86. The highest BCUT2D eigenvalue weighted by atomic mass is 16.4. The second kappa shape index (κ2) is 5.26. The van der Waals surface area contributed by atoms with Crippen molar-refractivity contribution >= 4 is 17.7 Å². The third-order valence-electron chi connectivity index (χ3n) is 3.51. The van der Waals surface area contributed by atoms with E-state index in [2.05, 4.69) is 4.98 Å². The van der Waals surface area contributed by atoms with Gasteiger partial charge in [0.25, 0.3) is 0 Å². The number of carboxylic acid groups (broad SMARTS) is 1. The van der Waals surface area contributed by atoms with Gasteiger partial charge in [0.1, 0.15) is 11.9 Å². The fraction of sp³-hybridized carbons (Fsp3) is 0.462. The van der Waals surface area contributed by atoms with Gasteiger partial charge in [-0.25, -0.2) is 9.78 Å². The average molecular weight is 263 g/mol. The lowest BCUT2D eigenvalue weighted by atomic mass is 9.91. The van der Waals surface area contributed by atoms with Crippen molar-refractivity contribution < 1.29 is 14.7 Å². The smallest absolute Gasteiger partial charge is 0.326 e. The number of pyridine rings is 1. The van der Waals surface area contributed by atoms with Gasteiger partial charge in [-0.15, -0.1) is 0 Å². The molecule has 6 heteroatoms. The molecule has 0 bridgehead atoms. The molecule has 0 aromatic carbocycles. The number of aliphatic carboxylic acids is 1. The molecule has 0 saturated carbocycles. The first-order chi connectivity index (χ1) is 9.00. The standard InChI is InChI=1S/C13H17N3O3/c1-8-3-2-6-16(11(8)13(18)19)10-7-9(12(14)17)4-5-15-10/h4-5,7-8,11H,2-3,6H2,1H3,(H2,14,17)(H,18,19). The first-order valence-corrected chi connectivity index (χ1v) is 6.26. The van der Waals surface area contributed by atoms with E-state index in [1.807, 2.05) is 6.92 Å². The van der Waals surface area contributed by atoms with Crippen molar-refractivity contribution in [3.05, 3.63) is 23.9 Å². The van der Waals surface area contributed by atoms with E-state index in [9.17, 15) is 14.7 Å². The highest BCUT2D eigenvalue weighted by Crippen LogP contribution is 2.27. The maximum absolute atomic E-state index is 11.4. The van der Waals surface area contributed by atoms with Crippen LogP contribution in [0.4, 0.5) is 5.82 Å². The van der Waals surface area contributed by atoms with Crippen molar-refractivity contribution in [3.63, 3.8) is 0 Å². The van der Waals surface area contributed by atoms with Crippen LogP contribution in [0.15, 0.2) is 18.3 Å². The van der Waals surface area contributed by atoms with Crippen LogP contribution in [0.5, 0.6) is 0 Å². The Morgan fingerprint density at radius 1 is 1.53 bits per heavy atom. The van der Waals surface area contributed by atoms with Gasteiger partial charge >= 0.3 is 5.97 Å². The molecule has 1 amide bonds. The number of amides is 1. The minimum absolute atomic E-state index is 0.0466. The third-order valence-corrected chi connectivity index (χ3v) is 3.51. The van der Waals surface area contributed by atoms with Crippen LogP contribution in [0.1, 0.15) is 30.1 Å². The summed E-state index contributed by atoms with van der Waals surface area (Å²) in [5.41, 5.74) is 5.57. The van der Waals surface area contributed by atoms with Crippen LogP contribution in [0, 0.1) is 5.92 Å².